The number of benzene rings is 1. The molecule has 1 aromatic carbocycles. The predicted octanol–water partition coefficient (Wildman–Crippen LogP) is 3.49. The monoisotopic (exact) mass is 399 g/mol. The Morgan fingerprint density at radius 2 is 1.97 bits per heavy atom. The second-order valence-electron chi connectivity index (χ2n) is 7.35. The summed E-state index contributed by atoms with van der Waals surface area (Å²) in [7, 11) is 0. The van der Waals surface area contributed by atoms with Crippen molar-refractivity contribution in [3.63, 3.8) is 0 Å². The summed E-state index contributed by atoms with van der Waals surface area (Å²) in [5.74, 6) is 0.949. The summed E-state index contributed by atoms with van der Waals surface area (Å²) < 4.78 is 24.7. The van der Waals surface area contributed by atoms with Gasteiger partial charge in [0.15, 0.2) is 5.82 Å². The van der Waals surface area contributed by atoms with E-state index in [1.165, 1.54) is 6.07 Å². The van der Waals surface area contributed by atoms with Crippen LogP contribution in [0.3, 0.4) is 0 Å². The minimum absolute atomic E-state index is 0.169. The molecule has 154 valence electrons. The van der Waals surface area contributed by atoms with Crippen molar-refractivity contribution in [2.24, 2.45) is 0 Å². The number of rotatable bonds is 6. The summed E-state index contributed by atoms with van der Waals surface area (Å²) in [6.45, 7) is 10.5. The van der Waals surface area contributed by atoms with Gasteiger partial charge >= 0.3 is 0 Å². The normalized spacial score (nSPS) is 16.5. The highest BCUT2D eigenvalue weighted by atomic mass is 19.1. The molecule has 0 bridgehead atoms. The highest BCUT2D eigenvalue weighted by Gasteiger charge is 2.22. The Balaban J connectivity index is 1.43. The number of ether oxygens (including phenoxy) is 1. The van der Waals surface area contributed by atoms with Gasteiger partial charge in [0.2, 0.25) is 5.89 Å². The molecule has 0 aliphatic carbocycles. The van der Waals surface area contributed by atoms with Gasteiger partial charge in [0.05, 0.1) is 12.1 Å². The quantitative estimate of drug-likeness (QED) is 0.629. The third-order valence-corrected chi connectivity index (χ3v) is 5.21. The molecule has 1 fully saturated rings. The average molecular weight is 399 g/mol. The number of aromatic nitrogens is 3. The molecule has 1 saturated heterocycles. The van der Waals surface area contributed by atoms with Crippen molar-refractivity contribution < 1.29 is 13.7 Å². The van der Waals surface area contributed by atoms with E-state index in [0.717, 1.165) is 48.5 Å². The minimum Gasteiger partial charge on any atom is -0.371 e. The summed E-state index contributed by atoms with van der Waals surface area (Å²) in [4.78, 5) is 13.6. The molecular weight excluding hydrogens is 373 g/mol. The minimum atomic E-state index is -0.239. The lowest BCUT2D eigenvalue weighted by molar-refractivity contribution is 0.0683. The lowest BCUT2D eigenvalue weighted by atomic mass is 10.1. The van der Waals surface area contributed by atoms with E-state index in [2.05, 4.69) is 24.9 Å². The van der Waals surface area contributed by atoms with Crippen molar-refractivity contribution in [2.75, 3.05) is 37.7 Å². The predicted molar refractivity (Wildman–Crippen MR) is 108 cm³/mol. The van der Waals surface area contributed by atoms with Crippen molar-refractivity contribution in [3.05, 3.63) is 47.5 Å². The van der Waals surface area contributed by atoms with E-state index in [0.29, 0.717) is 24.9 Å². The second-order valence-corrected chi connectivity index (χ2v) is 7.35. The molecule has 3 aromatic rings. The first kappa shape index (κ1) is 19.7. The van der Waals surface area contributed by atoms with Crippen molar-refractivity contribution in [3.8, 4) is 0 Å². The summed E-state index contributed by atoms with van der Waals surface area (Å²) >= 11 is 0. The smallest absolute Gasteiger partial charge is 0.240 e. The van der Waals surface area contributed by atoms with Crippen LogP contribution < -0.4 is 4.90 Å². The molecule has 7 nitrogen and oxygen atoms in total. The van der Waals surface area contributed by atoms with Crippen LogP contribution >= 0.6 is 0 Å². The van der Waals surface area contributed by atoms with Crippen LogP contribution in [-0.2, 0) is 11.3 Å². The Morgan fingerprint density at radius 3 is 2.72 bits per heavy atom. The number of aryl methyl sites for hydroxylation is 1. The molecule has 4 rings (SSSR count). The van der Waals surface area contributed by atoms with Crippen LogP contribution in [0.1, 0.15) is 37.4 Å². The number of nitrogens with zero attached hydrogens (tertiary/aromatic N) is 5. The fraction of sp³-hybridized carbons (Fsp3) is 0.476. The maximum atomic E-state index is 13.8. The van der Waals surface area contributed by atoms with E-state index in [9.17, 15) is 4.39 Å². The van der Waals surface area contributed by atoms with Crippen LogP contribution in [0.2, 0.25) is 0 Å². The number of hydrogen-bond acceptors (Lipinski definition) is 7. The average Bonchev–Trinajstić information content (AvgIpc) is 3.17. The molecule has 3 heterocycles. The molecule has 2 aromatic heterocycles. The van der Waals surface area contributed by atoms with Crippen LogP contribution in [0.5, 0.6) is 0 Å². The third-order valence-electron chi connectivity index (χ3n) is 5.21. The lowest BCUT2D eigenvalue weighted by Gasteiger charge is -2.36. The molecule has 1 aliphatic rings. The van der Waals surface area contributed by atoms with Crippen molar-refractivity contribution in [1.29, 1.82) is 0 Å². The maximum Gasteiger partial charge on any atom is 0.240 e. The Bertz CT molecular complexity index is 984. The van der Waals surface area contributed by atoms with Crippen LogP contribution in [0.25, 0.3) is 10.9 Å². The van der Waals surface area contributed by atoms with E-state index in [-0.39, 0.29) is 11.9 Å². The van der Waals surface area contributed by atoms with Gasteiger partial charge in [-0.25, -0.2) is 4.39 Å². The number of pyridine rings is 1. The third kappa shape index (κ3) is 4.38. The molecule has 0 spiro atoms. The number of piperazine rings is 1. The highest BCUT2D eigenvalue weighted by molar-refractivity contribution is 5.92. The van der Waals surface area contributed by atoms with Gasteiger partial charge in [-0.2, -0.15) is 4.98 Å². The standard InChI is InChI=1S/C21H26FN5O2/c1-4-28-15(3)21-24-20(29-25-21)13-26-7-9-27(10-8-26)19-11-14(2)23-18-6-5-16(22)12-17(18)19/h5-6,11-12,15H,4,7-10,13H2,1-3H3. The lowest BCUT2D eigenvalue weighted by Crippen LogP contribution is -2.46. The van der Waals surface area contributed by atoms with Crippen molar-refractivity contribution in [1.82, 2.24) is 20.0 Å². The first-order valence-corrected chi connectivity index (χ1v) is 10.0. The number of hydrogen-bond donors (Lipinski definition) is 0. The van der Waals surface area contributed by atoms with Gasteiger partial charge in [-0.1, -0.05) is 5.16 Å². The largest absolute Gasteiger partial charge is 0.371 e. The molecule has 1 aliphatic heterocycles. The highest BCUT2D eigenvalue weighted by Crippen LogP contribution is 2.28. The molecule has 0 saturated carbocycles. The van der Waals surface area contributed by atoms with Gasteiger partial charge in [0.25, 0.3) is 0 Å². The van der Waals surface area contributed by atoms with E-state index in [1.807, 2.05) is 26.8 Å². The maximum absolute atomic E-state index is 13.8. The Hall–Kier alpha value is -2.58. The zero-order valence-electron chi connectivity index (χ0n) is 17.1. The Morgan fingerprint density at radius 1 is 1.17 bits per heavy atom. The molecule has 0 amide bonds. The first-order valence-electron chi connectivity index (χ1n) is 10.0. The van der Waals surface area contributed by atoms with Crippen LogP contribution in [0, 0.1) is 12.7 Å². The summed E-state index contributed by atoms with van der Waals surface area (Å²) in [5, 5.41) is 4.88. The van der Waals surface area contributed by atoms with E-state index in [4.69, 9.17) is 9.26 Å². The number of halogens is 1. The van der Waals surface area contributed by atoms with E-state index < -0.39 is 0 Å². The number of fused-ring (bicyclic) bond motifs is 1. The Kier molecular flexibility index (Phi) is 5.73. The van der Waals surface area contributed by atoms with E-state index in [1.54, 1.807) is 12.1 Å². The van der Waals surface area contributed by atoms with Crippen molar-refractivity contribution >= 4 is 16.6 Å². The zero-order chi connectivity index (χ0) is 20.4. The molecule has 29 heavy (non-hydrogen) atoms. The molecule has 1 unspecified atom stereocenters. The van der Waals surface area contributed by atoms with Crippen LogP contribution in [0.15, 0.2) is 28.8 Å². The molecule has 0 radical (unpaired) electrons. The fourth-order valence-electron chi connectivity index (χ4n) is 3.73. The molecule has 1 atom stereocenters. The van der Waals surface area contributed by atoms with Gasteiger partial charge in [0, 0.05) is 49.6 Å². The van der Waals surface area contributed by atoms with E-state index >= 15 is 0 Å². The SMILES string of the molecule is CCOC(C)c1noc(CN2CCN(c3cc(C)nc4ccc(F)cc34)CC2)n1. The van der Waals surface area contributed by atoms with Gasteiger partial charge in [0.1, 0.15) is 11.9 Å². The second kappa shape index (κ2) is 8.42. The number of anilines is 1. The molecule has 0 N–H and O–H groups in total. The fourth-order valence-corrected chi connectivity index (χ4v) is 3.73. The van der Waals surface area contributed by atoms with Gasteiger partial charge < -0.3 is 14.2 Å². The van der Waals surface area contributed by atoms with Gasteiger partial charge in [-0.15, -0.1) is 0 Å². The zero-order valence-corrected chi connectivity index (χ0v) is 17.1. The van der Waals surface area contributed by atoms with Gasteiger partial charge in [-0.05, 0) is 45.0 Å². The van der Waals surface area contributed by atoms with Crippen molar-refractivity contribution in [2.45, 2.75) is 33.4 Å². The first-order chi connectivity index (χ1) is 14.0. The van der Waals surface area contributed by atoms with Gasteiger partial charge in [-0.3, -0.25) is 9.88 Å². The summed E-state index contributed by atoms with van der Waals surface area (Å²) in [6, 6.07) is 6.81. The van der Waals surface area contributed by atoms with Crippen LogP contribution in [0.4, 0.5) is 10.1 Å². The summed E-state index contributed by atoms with van der Waals surface area (Å²) in [5.41, 5.74) is 2.80. The van der Waals surface area contributed by atoms with Crippen LogP contribution in [-0.4, -0.2) is 52.8 Å². The topological polar surface area (TPSA) is 67.5 Å². The summed E-state index contributed by atoms with van der Waals surface area (Å²) in [6.07, 6.45) is -0.169. The molecular formula is C21H26FN5O2. The Labute approximate surface area is 169 Å². The molecule has 8 heteroatoms.